The minimum atomic E-state index is -0.257. The topological polar surface area (TPSA) is 73.3 Å². The zero-order valence-electron chi connectivity index (χ0n) is 15.5. The van der Waals surface area contributed by atoms with Crippen LogP contribution < -0.4 is 14.8 Å². The van der Waals surface area contributed by atoms with Crippen molar-refractivity contribution in [1.29, 1.82) is 0 Å². The average molecular weight is 363 g/mol. The molecule has 0 fully saturated rings. The molecule has 1 N–H and O–H groups in total. The molecule has 0 saturated heterocycles. The molecule has 0 aliphatic carbocycles. The van der Waals surface area contributed by atoms with Crippen LogP contribution in [0.2, 0.25) is 0 Å². The molecule has 0 saturated carbocycles. The molecule has 0 aliphatic rings. The van der Waals surface area contributed by atoms with E-state index >= 15 is 0 Å². The Morgan fingerprint density at radius 1 is 1.00 bits per heavy atom. The summed E-state index contributed by atoms with van der Waals surface area (Å²) in [5.74, 6) is 1.67. The van der Waals surface area contributed by atoms with Crippen molar-refractivity contribution in [2.24, 2.45) is 0 Å². The summed E-state index contributed by atoms with van der Waals surface area (Å²) in [7, 11) is 3.18. The van der Waals surface area contributed by atoms with E-state index in [0.717, 1.165) is 11.1 Å². The van der Waals surface area contributed by atoms with Gasteiger partial charge in [-0.2, -0.15) is 0 Å². The highest BCUT2D eigenvalue weighted by atomic mass is 16.5. The summed E-state index contributed by atoms with van der Waals surface area (Å²) in [5, 5.41) is 2.94. The molecule has 0 unspecified atom stereocenters. The first-order valence-electron chi connectivity index (χ1n) is 8.52. The zero-order chi connectivity index (χ0) is 19.2. The average Bonchev–Trinajstić information content (AvgIpc) is 2.73. The third kappa shape index (κ3) is 4.23. The molecule has 1 amide bonds. The molecule has 6 nitrogen and oxygen atoms in total. The first-order chi connectivity index (χ1) is 13.1. The van der Waals surface area contributed by atoms with Crippen molar-refractivity contribution in [3.8, 4) is 22.9 Å². The van der Waals surface area contributed by atoms with Crippen molar-refractivity contribution >= 4 is 5.91 Å². The molecule has 6 heteroatoms. The maximum Gasteiger partial charge on any atom is 0.254 e. The van der Waals surface area contributed by atoms with Gasteiger partial charge in [0.25, 0.3) is 5.91 Å². The highest BCUT2D eigenvalue weighted by Gasteiger charge is 2.16. The number of methoxy groups -OCH3 is 2. The minimum Gasteiger partial charge on any atom is -0.497 e. The lowest BCUT2D eigenvalue weighted by atomic mass is 10.1. The predicted octanol–water partition coefficient (Wildman–Crippen LogP) is 3.65. The van der Waals surface area contributed by atoms with Gasteiger partial charge in [0.15, 0.2) is 5.82 Å². The number of nitrogens with one attached hydrogen (secondary N) is 1. The minimum absolute atomic E-state index is 0.250. The summed E-state index contributed by atoms with van der Waals surface area (Å²) < 4.78 is 10.6. The van der Waals surface area contributed by atoms with Crippen LogP contribution in [0, 0.1) is 0 Å². The fourth-order valence-corrected chi connectivity index (χ4v) is 2.72. The molecule has 0 spiro atoms. The van der Waals surface area contributed by atoms with E-state index in [9.17, 15) is 4.79 Å². The van der Waals surface area contributed by atoms with Crippen LogP contribution in [0.15, 0.2) is 60.9 Å². The van der Waals surface area contributed by atoms with Gasteiger partial charge in [0.1, 0.15) is 11.5 Å². The molecular formula is C21H21N3O3. The molecule has 3 aromatic rings. The molecule has 2 aromatic carbocycles. The summed E-state index contributed by atoms with van der Waals surface area (Å²) >= 11 is 0. The Morgan fingerprint density at radius 2 is 1.70 bits per heavy atom. The van der Waals surface area contributed by atoms with Crippen molar-refractivity contribution < 1.29 is 14.3 Å². The van der Waals surface area contributed by atoms with Crippen LogP contribution in [0.5, 0.6) is 11.5 Å². The molecule has 1 heterocycles. The molecule has 138 valence electrons. The molecule has 0 radical (unpaired) electrons. The Hall–Kier alpha value is -3.41. The molecule has 1 aromatic heterocycles. The summed E-state index contributed by atoms with van der Waals surface area (Å²) in [6.07, 6.45) is 3.06. The number of hydrogen-bond donors (Lipinski definition) is 1. The fraction of sp³-hybridized carbons (Fsp3) is 0.190. The fourth-order valence-electron chi connectivity index (χ4n) is 2.72. The summed E-state index contributed by atoms with van der Waals surface area (Å²) in [5.41, 5.74) is 2.16. The van der Waals surface area contributed by atoms with E-state index in [-0.39, 0.29) is 11.9 Å². The van der Waals surface area contributed by atoms with Gasteiger partial charge in [-0.05, 0) is 19.1 Å². The van der Waals surface area contributed by atoms with Gasteiger partial charge in [-0.1, -0.05) is 30.3 Å². The van der Waals surface area contributed by atoms with Crippen LogP contribution >= 0.6 is 0 Å². The number of rotatable bonds is 6. The molecule has 1 atom stereocenters. The number of nitrogens with zero attached hydrogens (tertiary/aromatic N) is 2. The van der Waals surface area contributed by atoms with E-state index in [0.29, 0.717) is 22.9 Å². The van der Waals surface area contributed by atoms with Crippen molar-refractivity contribution in [1.82, 2.24) is 15.3 Å². The number of aromatic nitrogens is 2. The van der Waals surface area contributed by atoms with E-state index in [1.807, 2.05) is 49.4 Å². The zero-order valence-corrected chi connectivity index (χ0v) is 15.5. The van der Waals surface area contributed by atoms with E-state index < -0.39 is 0 Å². The van der Waals surface area contributed by atoms with Crippen molar-refractivity contribution in [3.05, 3.63) is 72.1 Å². The highest BCUT2D eigenvalue weighted by Crippen LogP contribution is 2.29. The third-order valence-corrected chi connectivity index (χ3v) is 4.20. The van der Waals surface area contributed by atoms with Crippen LogP contribution in [0.25, 0.3) is 11.4 Å². The largest absolute Gasteiger partial charge is 0.497 e. The van der Waals surface area contributed by atoms with Gasteiger partial charge >= 0.3 is 0 Å². The second-order valence-corrected chi connectivity index (χ2v) is 5.96. The lowest BCUT2D eigenvalue weighted by Crippen LogP contribution is -2.27. The van der Waals surface area contributed by atoms with Gasteiger partial charge in [0.05, 0.1) is 25.8 Å². The van der Waals surface area contributed by atoms with Gasteiger partial charge in [0.2, 0.25) is 0 Å². The number of benzene rings is 2. The van der Waals surface area contributed by atoms with E-state index in [4.69, 9.17) is 9.47 Å². The highest BCUT2D eigenvalue weighted by molar-refractivity contribution is 5.94. The Bertz CT molecular complexity index is 912. The maximum atomic E-state index is 12.5. The van der Waals surface area contributed by atoms with Crippen molar-refractivity contribution in [2.75, 3.05) is 14.2 Å². The summed E-state index contributed by atoms with van der Waals surface area (Å²) in [6, 6.07) is 14.9. The van der Waals surface area contributed by atoms with Crippen molar-refractivity contribution in [2.45, 2.75) is 13.0 Å². The molecular weight excluding hydrogens is 342 g/mol. The normalized spacial score (nSPS) is 11.5. The van der Waals surface area contributed by atoms with Crippen LogP contribution in [0.3, 0.4) is 0 Å². The Morgan fingerprint density at radius 3 is 2.33 bits per heavy atom. The number of carbonyl (C=O) groups excluding carboxylic acids is 1. The van der Waals surface area contributed by atoms with Crippen LogP contribution in [-0.4, -0.2) is 30.1 Å². The van der Waals surface area contributed by atoms with Crippen LogP contribution in [0.1, 0.15) is 28.9 Å². The Balaban J connectivity index is 1.73. The molecule has 0 bridgehead atoms. The molecule has 27 heavy (non-hydrogen) atoms. The standard InChI is InChI=1S/C21H21N3O3/c1-14(18-10-9-17(26-2)11-19(18)27-3)24-21(25)16-12-22-20(23-13-16)15-7-5-4-6-8-15/h4-14H,1-3H3,(H,24,25)/t14-/m1/s1. The Labute approximate surface area is 158 Å². The number of carbonyl (C=O) groups is 1. The maximum absolute atomic E-state index is 12.5. The predicted molar refractivity (Wildman–Crippen MR) is 103 cm³/mol. The van der Waals surface area contributed by atoms with Crippen LogP contribution in [0.4, 0.5) is 0 Å². The molecule has 0 aliphatic heterocycles. The second kappa shape index (κ2) is 8.31. The SMILES string of the molecule is COc1ccc([C@@H](C)NC(=O)c2cnc(-c3ccccc3)nc2)c(OC)c1. The lowest BCUT2D eigenvalue weighted by molar-refractivity contribution is 0.0939. The number of ether oxygens (including phenoxy) is 2. The monoisotopic (exact) mass is 363 g/mol. The summed E-state index contributed by atoms with van der Waals surface area (Å²) in [6.45, 7) is 1.89. The van der Waals surface area contributed by atoms with E-state index in [2.05, 4.69) is 15.3 Å². The first kappa shape index (κ1) is 18.4. The summed E-state index contributed by atoms with van der Waals surface area (Å²) in [4.78, 5) is 21.1. The van der Waals surface area contributed by atoms with Crippen LogP contribution in [-0.2, 0) is 0 Å². The Kier molecular flexibility index (Phi) is 5.66. The smallest absolute Gasteiger partial charge is 0.254 e. The van der Waals surface area contributed by atoms with Gasteiger partial charge in [-0.25, -0.2) is 9.97 Å². The first-order valence-corrected chi connectivity index (χ1v) is 8.52. The van der Waals surface area contributed by atoms with Gasteiger partial charge in [0, 0.05) is 29.6 Å². The van der Waals surface area contributed by atoms with E-state index in [1.54, 1.807) is 20.3 Å². The quantitative estimate of drug-likeness (QED) is 0.724. The third-order valence-electron chi connectivity index (χ3n) is 4.20. The molecule has 3 rings (SSSR count). The van der Waals surface area contributed by atoms with Crippen molar-refractivity contribution in [3.63, 3.8) is 0 Å². The van der Waals surface area contributed by atoms with Gasteiger partial charge < -0.3 is 14.8 Å². The van der Waals surface area contributed by atoms with Gasteiger partial charge in [-0.3, -0.25) is 4.79 Å². The van der Waals surface area contributed by atoms with Gasteiger partial charge in [-0.15, -0.1) is 0 Å². The number of amides is 1. The number of hydrogen-bond acceptors (Lipinski definition) is 5. The van der Waals surface area contributed by atoms with E-state index in [1.165, 1.54) is 12.4 Å². The lowest BCUT2D eigenvalue weighted by Gasteiger charge is -2.18. The second-order valence-electron chi connectivity index (χ2n) is 5.96.